The van der Waals surface area contributed by atoms with Crippen molar-refractivity contribution in [1.29, 1.82) is 0 Å². The fraction of sp³-hybridized carbons (Fsp3) is 0.700. The number of aromatic amines is 1. The predicted molar refractivity (Wildman–Crippen MR) is 60.4 cm³/mol. The maximum Gasteiger partial charge on any atom is 0.220 e. The van der Waals surface area contributed by atoms with Crippen molar-refractivity contribution in [3.05, 3.63) is 12.2 Å². The van der Waals surface area contributed by atoms with Gasteiger partial charge < -0.3 is 11.1 Å². The minimum atomic E-state index is -0.134. The van der Waals surface area contributed by atoms with Gasteiger partial charge in [-0.25, -0.2) is 4.98 Å². The molecule has 6 nitrogen and oxygen atoms in total. The van der Waals surface area contributed by atoms with Crippen molar-refractivity contribution in [2.75, 3.05) is 0 Å². The first-order chi connectivity index (χ1) is 7.59. The zero-order valence-corrected chi connectivity index (χ0v) is 9.73. The lowest BCUT2D eigenvalue weighted by atomic mass is 10.1. The summed E-state index contributed by atoms with van der Waals surface area (Å²) in [4.78, 5) is 15.5. The van der Waals surface area contributed by atoms with Crippen LogP contribution >= 0.6 is 0 Å². The minimum absolute atomic E-state index is 0.0181. The second-order valence-corrected chi connectivity index (χ2v) is 4.03. The third kappa shape index (κ3) is 4.39. The predicted octanol–water partition coefficient (Wildman–Crippen LogP) is 0.499. The molecular formula is C10H19N5O. The number of hydrogen-bond donors (Lipinski definition) is 3. The fourth-order valence-corrected chi connectivity index (χ4v) is 1.39. The molecule has 0 aliphatic rings. The quantitative estimate of drug-likeness (QED) is 0.656. The Kier molecular flexibility index (Phi) is 4.91. The van der Waals surface area contributed by atoms with Gasteiger partial charge in [0.15, 0.2) is 0 Å². The van der Waals surface area contributed by atoms with Crippen molar-refractivity contribution in [2.45, 2.75) is 45.2 Å². The molecule has 0 fully saturated rings. The number of amides is 1. The van der Waals surface area contributed by atoms with Crippen LogP contribution in [0.4, 0.5) is 0 Å². The summed E-state index contributed by atoms with van der Waals surface area (Å²) in [7, 11) is 0. The number of carbonyl (C=O) groups excluding carboxylic acids is 1. The van der Waals surface area contributed by atoms with Crippen LogP contribution in [0.3, 0.4) is 0 Å². The first kappa shape index (κ1) is 12.6. The zero-order chi connectivity index (χ0) is 12.0. The molecule has 0 radical (unpaired) electrons. The molecule has 0 aromatic carbocycles. The average molecular weight is 225 g/mol. The SMILES string of the molecule is CC(N)CCCC(=O)NC(C)c1ncn[nH]1. The highest BCUT2D eigenvalue weighted by Crippen LogP contribution is 2.05. The third-order valence-corrected chi connectivity index (χ3v) is 2.28. The molecule has 90 valence electrons. The monoisotopic (exact) mass is 225 g/mol. The summed E-state index contributed by atoms with van der Waals surface area (Å²) in [6.07, 6.45) is 3.60. The van der Waals surface area contributed by atoms with Crippen LogP contribution in [0.1, 0.15) is 45.0 Å². The molecule has 1 rings (SSSR count). The van der Waals surface area contributed by atoms with Crippen LogP contribution in [0, 0.1) is 0 Å². The Morgan fingerprint density at radius 1 is 1.62 bits per heavy atom. The molecule has 1 aromatic heterocycles. The Balaban J connectivity index is 2.24. The van der Waals surface area contributed by atoms with Gasteiger partial charge in [0.05, 0.1) is 6.04 Å². The number of carbonyl (C=O) groups is 1. The topological polar surface area (TPSA) is 96.7 Å². The van der Waals surface area contributed by atoms with Gasteiger partial charge in [0, 0.05) is 12.5 Å². The summed E-state index contributed by atoms with van der Waals surface area (Å²) in [6.45, 7) is 3.80. The minimum Gasteiger partial charge on any atom is -0.346 e. The smallest absolute Gasteiger partial charge is 0.220 e. The summed E-state index contributed by atoms with van der Waals surface area (Å²) in [5.74, 6) is 0.685. The third-order valence-electron chi connectivity index (χ3n) is 2.28. The molecular weight excluding hydrogens is 206 g/mol. The van der Waals surface area contributed by atoms with Gasteiger partial charge in [-0.2, -0.15) is 5.10 Å². The van der Waals surface area contributed by atoms with Gasteiger partial charge in [0.25, 0.3) is 0 Å². The van der Waals surface area contributed by atoms with E-state index in [1.165, 1.54) is 6.33 Å². The van der Waals surface area contributed by atoms with E-state index in [0.29, 0.717) is 12.2 Å². The van der Waals surface area contributed by atoms with Gasteiger partial charge in [-0.05, 0) is 26.7 Å². The number of nitrogens with zero attached hydrogens (tertiary/aromatic N) is 2. The van der Waals surface area contributed by atoms with E-state index >= 15 is 0 Å². The molecule has 1 heterocycles. The lowest BCUT2D eigenvalue weighted by Gasteiger charge is -2.11. The van der Waals surface area contributed by atoms with E-state index in [1.807, 2.05) is 13.8 Å². The Morgan fingerprint density at radius 3 is 2.94 bits per heavy atom. The Hall–Kier alpha value is -1.43. The Bertz CT molecular complexity index is 309. The number of nitrogens with one attached hydrogen (secondary N) is 2. The molecule has 0 aliphatic heterocycles. The van der Waals surface area contributed by atoms with E-state index in [-0.39, 0.29) is 18.0 Å². The number of aromatic nitrogens is 3. The number of nitrogens with two attached hydrogens (primary N) is 1. The van der Waals surface area contributed by atoms with Crippen molar-refractivity contribution in [1.82, 2.24) is 20.5 Å². The van der Waals surface area contributed by atoms with E-state index in [9.17, 15) is 4.79 Å². The molecule has 1 aromatic rings. The molecule has 0 bridgehead atoms. The first-order valence-electron chi connectivity index (χ1n) is 5.49. The van der Waals surface area contributed by atoms with Crippen molar-refractivity contribution >= 4 is 5.91 Å². The number of rotatable bonds is 6. The molecule has 0 aliphatic carbocycles. The van der Waals surface area contributed by atoms with Gasteiger partial charge in [0.1, 0.15) is 12.2 Å². The maximum absolute atomic E-state index is 11.5. The summed E-state index contributed by atoms with van der Waals surface area (Å²) < 4.78 is 0. The van der Waals surface area contributed by atoms with Gasteiger partial charge >= 0.3 is 0 Å². The lowest BCUT2D eigenvalue weighted by molar-refractivity contribution is -0.121. The second-order valence-electron chi connectivity index (χ2n) is 4.03. The molecule has 6 heteroatoms. The summed E-state index contributed by atoms with van der Waals surface area (Å²) in [5.41, 5.74) is 5.60. The van der Waals surface area contributed by atoms with Crippen LogP contribution < -0.4 is 11.1 Å². The van der Waals surface area contributed by atoms with Crippen LogP contribution in [0.25, 0.3) is 0 Å². The Labute approximate surface area is 95.0 Å². The lowest BCUT2D eigenvalue weighted by Crippen LogP contribution is -2.27. The van der Waals surface area contributed by atoms with E-state index in [1.54, 1.807) is 0 Å². The van der Waals surface area contributed by atoms with Crippen molar-refractivity contribution in [3.8, 4) is 0 Å². The van der Waals surface area contributed by atoms with Crippen LogP contribution in [-0.2, 0) is 4.79 Å². The van der Waals surface area contributed by atoms with Crippen molar-refractivity contribution in [2.24, 2.45) is 5.73 Å². The van der Waals surface area contributed by atoms with E-state index in [4.69, 9.17) is 5.73 Å². The molecule has 0 saturated heterocycles. The van der Waals surface area contributed by atoms with E-state index in [0.717, 1.165) is 12.8 Å². The van der Waals surface area contributed by atoms with E-state index in [2.05, 4.69) is 20.5 Å². The van der Waals surface area contributed by atoms with Gasteiger partial charge in [-0.15, -0.1) is 0 Å². The molecule has 16 heavy (non-hydrogen) atoms. The standard InChI is InChI=1S/C10H19N5O/c1-7(11)4-3-5-9(16)14-8(2)10-12-6-13-15-10/h6-8H,3-5,11H2,1-2H3,(H,14,16)(H,12,13,15). The Morgan fingerprint density at radius 2 is 2.38 bits per heavy atom. The number of hydrogen-bond acceptors (Lipinski definition) is 4. The molecule has 4 N–H and O–H groups in total. The highest BCUT2D eigenvalue weighted by molar-refractivity contribution is 5.76. The summed E-state index contributed by atoms with van der Waals surface area (Å²) in [6, 6.07) is 0.0183. The molecule has 2 atom stereocenters. The van der Waals surface area contributed by atoms with Gasteiger partial charge in [0.2, 0.25) is 5.91 Å². The zero-order valence-electron chi connectivity index (χ0n) is 9.73. The molecule has 0 saturated carbocycles. The molecule has 1 amide bonds. The second kappa shape index (κ2) is 6.22. The largest absolute Gasteiger partial charge is 0.346 e. The molecule has 0 spiro atoms. The number of H-pyrrole nitrogens is 1. The average Bonchev–Trinajstić information content (AvgIpc) is 2.69. The van der Waals surface area contributed by atoms with Crippen molar-refractivity contribution in [3.63, 3.8) is 0 Å². The fourth-order valence-electron chi connectivity index (χ4n) is 1.39. The normalized spacial score (nSPS) is 14.4. The van der Waals surface area contributed by atoms with Gasteiger partial charge in [-0.1, -0.05) is 0 Å². The highest BCUT2D eigenvalue weighted by Gasteiger charge is 2.11. The van der Waals surface area contributed by atoms with Crippen molar-refractivity contribution < 1.29 is 4.79 Å². The van der Waals surface area contributed by atoms with Crippen LogP contribution in [0.2, 0.25) is 0 Å². The first-order valence-corrected chi connectivity index (χ1v) is 5.49. The van der Waals surface area contributed by atoms with Gasteiger partial charge in [-0.3, -0.25) is 9.89 Å². The van der Waals surface area contributed by atoms with E-state index < -0.39 is 0 Å². The summed E-state index contributed by atoms with van der Waals surface area (Å²) in [5, 5.41) is 9.30. The van der Waals surface area contributed by atoms with Crippen LogP contribution in [-0.4, -0.2) is 27.1 Å². The summed E-state index contributed by atoms with van der Waals surface area (Å²) >= 11 is 0. The maximum atomic E-state index is 11.5. The highest BCUT2D eigenvalue weighted by atomic mass is 16.1. The van der Waals surface area contributed by atoms with Crippen LogP contribution in [0.15, 0.2) is 6.33 Å². The molecule has 2 unspecified atom stereocenters. The van der Waals surface area contributed by atoms with Crippen LogP contribution in [0.5, 0.6) is 0 Å².